The first-order valence-corrected chi connectivity index (χ1v) is 4.58. The molecular formula is C8H10N2S. The minimum atomic E-state index is 0.813. The Morgan fingerprint density at radius 1 is 1.55 bits per heavy atom. The first-order valence-electron chi connectivity index (χ1n) is 3.77. The summed E-state index contributed by atoms with van der Waals surface area (Å²) in [5, 5.41) is 1.92. The zero-order valence-electron chi connectivity index (χ0n) is 6.21. The summed E-state index contributed by atoms with van der Waals surface area (Å²) in [7, 11) is 0. The van der Waals surface area contributed by atoms with Crippen molar-refractivity contribution in [1.82, 2.24) is 4.98 Å². The van der Waals surface area contributed by atoms with Crippen LogP contribution >= 0.6 is 11.3 Å². The van der Waals surface area contributed by atoms with E-state index in [0.717, 1.165) is 10.0 Å². The number of hydrogen-bond acceptors (Lipinski definition) is 3. The molecule has 0 aliphatic heterocycles. The maximum Gasteiger partial charge on any atom is 0.120 e. The summed E-state index contributed by atoms with van der Waals surface area (Å²) < 4.78 is 0. The number of anilines is 1. The lowest BCUT2D eigenvalue weighted by molar-refractivity contribution is 0.934. The van der Waals surface area contributed by atoms with E-state index in [4.69, 9.17) is 5.73 Å². The van der Waals surface area contributed by atoms with Crippen molar-refractivity contribution in [3.63, 3.8) is 0 Å². The molecule has 0 aromatic carbocycles. The van der Waals surface area contributed by atoms with Crippen LogP contribution in [0, 0.1) is 0 Å². The molecule has 1 aliphatic carbocycles. The van der Waals surface area contributed by atoms with Gasteiger partial charge in [-0.3, -0.25) is 0 Å². The number of nitrogens with zero attached hydrogens (tertiary/aromatic N) is 1. The van der Waals surface area contributed by atoms with Gasteiger partial charge in [-0.05, 0) is 24.8 Å². The predicted octanol–water partition coefficient (Wildman–Crippen LogP) is 2.29. The second-order valence-corrected chi connectivity index (χ2v) is 3.75. The number of nitrogen functional groups attached to an aromatic ring is 1. The van der Waals surface area contributed by atoms with Crippen LogP contribution in [0.4, 0.5) is 5.00 Å². The molecule has 0 saturated heterocycles. The maximum absolute atomic E-state index is 5.58. The highest BCUT2D eigenvalue weighted by molar-refractivity contribution is 7.16. The molecule has 0 amide bonds. The molecule has 2 rings (SSSR count). The molecule has 2 nitrogen and oxygen atoms in total. The lowest BCUT2D eigenvalue weighted by Crippen LogP contribution is -1.75. The smallest absolute Gasteiger partial charge is 0.120 e. The van der Waals surface area contributed by atoms with Crippen molar-refractivity contribution in [2.45, 2.75) is 19.3 Å². The third-order valence-electron chi connectivity index (χ3n) is 1.84. The van der Waals surface area contributed by atoms with Gasteiger partial charge >= 0.3 is 0 Å². The number of hydrogen-bond donors (Lipinski definition) is 1. The van der Waals surface area contributed by atoms with Crippen molar-refractivity contribution in [2.24, 2.45) is 0 Å². The second kappa shape index (κ2) is 2.66. The molecule has 0 unspecified atom stereocenters. The Kier molecular flexibility index (Phi) is 1.66. The van der Waals surface area contributed by atoms with Crippen LogP contribution in [0.5, 0.6) is 0 Å². The summed E-state index contributed by atoms with van der Waals surface area (Å²) in [5.74, 6) is 0. The van der Waals surface area contributed by atoms with Gasteiger partial charge in [-0.2, -0.15) is 0 Å². The van der Waals surface area contributed by atoms with Crippen LogP contribution in [0.25, 0.3) is 5.57 Å². The van der Waals surface area contributed by atoms with Crippen molar-refractivity contribution in [3.05, 3.63) is 17.3 Å². The molecule has 1 aliphatic rings. The van der Waals surface area contributed by atoms with Crippen molar-refractivity contribution in [1.29, 1.82) is 0 Å². The zero-order chi connectivity index (χ0) is 7.68. The molecule has 11 heavy (non-hydrogen) atoms. The molecule has 3 heteroatoms. The Morgan fingerprint density at radius 3 is 3.00 bits per heavy atom. The van der Waals surface area contributed by atoms with E-state index in [2.05, 4.69) is 11.1 Å². The summed E-state index contributed by atoms with van der Waals surface area (Å²) in [4.78, 5) is 4.22. The fourth-order valence-corrected chi connectivity index (χ4v) is 2.05. The van der Waals surface area contributed by atoms with Gasteiger partial charge in [0.25, 0.3) is 0 Å². The number of allylic oxidation sites excluding steroid dienone is 2. The van der Waals surface area contributed by atoms with E-state index in [1.807, 2.05) is 0 Å². The van der Waals surface area contributed by atoms with E-state index in [9.17, 15) is 0 Å². The fraction of sp³-hybridized carbons (Fsp3) is 0.375. The highest BCUT2D eigenvalue weighted by atomic mass is 32.1. The van der Waals surface area contributed by atoms with Gasteiger partial charge in [0.1, 0.15) is 10.0 Å². The highest BCUT2D eigenvalue weighted by Crippen LogP contribution is 2.30. The van der Waals surface area contributed by atoms with E-state index in [0.29, 0.717) is 0 Å². The first-order chi connectivity index (χ1) is 5.36. The minimum Gasteiger partial charge on any atom is -0.389 e. The van der Waals surface area contributed by atoms with E-state index >= 15 is 0 Å². The fourth-order valence-electron chi connectivity index (χ4n) is 1.30. The van der Waals surface area contributed by atoms with E-state index in [-0.39, 0.29) is 0 Å². The van der Waals surface area contributed by atoms with Crippen LogP contribution in [0.15, 0.2) is 12.3 Å². The van der Waals surface area contributed by atoms with Gasteiger partial charge in [0.2, 0.25) is 0 Å². The Labute approximate surface area is 69.8 Å². The molecule has 0 spiro atoms. The second-order valence-electron chi connectivity index (χ2n) is 2.69. The standard InChI is InChI=1S/C8H10N2S/c9-7-5-10-8(11-7)6-3-1-2-4-6/h3,5H,1-2,4,9H2. The van der Waals surface area contributed by atoms with Crippen LogP contribution < -0.4 is 5.73 Å². The van der Waals surface area contributed by atoms with E-state index in [1.54, 1.807) is 17.5 Å². The number of aromatic nitrogens is 1. The van der Waals surface area contributed by atoms with Crippen molar-refractivity contribution >= 4 is 21.9 Å². The number of rotatable bonds is 1. The molecule has 0 atom stereocenters. The normalized spacial score (nSPS) is 16.9. The van der Waals surface area contributed by atoms with Crippen LogP contribution in [-0.4, -0.2) is 4.98 Å². The largest absolute Gasteiger partial charge is 0.389 e. The lowest BCUT2D eigenvalue weighted by Gasteiger charge is -1.91. The zero-order valence-corrected chi connectivity index (χ0v) is 7.03. The summed E-state index contributed by atoms with van der Waals surface area (Å²) in [6.07, 6.45) is 7.65. The maximum atomic E-state index is 5.58. The van der Waals surface area contributed by atoms with Gasteiger partial charge < -0.3 is 5.73 Å². The Hall–Kier alpha value is -0.830. The first kappa shape index (κ1) is 6.85. The molecule has 0 fully saturated rings. The predicted molar refractivity (Wildman–Crippen MR) is 48.4 cm³/mol. The van der Waals surface area contributed by atoms with Crippen LogP contribution in [0.1, 0.15) is 24.3 Å². The third-order valence-corrected chi connectivity index (χ3v) is 2.74. The Morgan fingerprint density at radius 2 is 2.45 bits per heavy atom. The quantitative estimate of drug-likeness (QED) is 0.695. The van der Waals surface area contributed by atoms with Crippen molar-refractivity contribution in [2.75, 3.05) is 5.73 Å². The van der Waals surface area contributed by atoms with Crippen LogP contribution in [-0.2, 0) is 0 Å². The molecule has 2 N–H and O–H groups in total. The molecule has 1 aromatic rings. The van der Waals surface area contributed by atoms with Gasteiger partial charge in [0.15, 0.2) is 0 Å². The molecular weight excluding hydrogens is 156 g/mol. The number of nitrogens with two attached hydrogens (primary N) is 1. The third kappa shape index (κ3) is 1.28. The highest BCUT2D eigenvalue weighted by Gasteiger charge is 2.09. The van der Waals surface area contributed by atoms with Crippen molar-refractivity contribution < 1.29 is 0 Å². The van der Waals surface area contributed by atoms with E-state index < -0.39 is 0 Å². The average molecular weight is 166 g/mol. The molecule has 1 heterocycles. The average Bonchev–Trinajstić information content (AvgIpc) is 2.55. The molecule has 0 saturated carbocycles. The Bertz CT molecular complexity index is 288. The summed E-state index contributed by atoms with van der Waals surface area (Å²) in [6, 6.07) is 0. The monoisotopic (exact) mass is 166 g/mol. The lowest BCUT2D eigenvalue weighted by atomic mass is 10.2. The summed E-state index contributed by atoms with van der Waals surface area (Å²) in [5.41, 5.74) is 6.96. The summed E-state index contributed by atoms with van der Waals surface area (Å²) >= 11 is 1.58. The van der Waals surface area contributed by atoms with Gasteiger partial charge in [-0.1, -0.05) is 17.4 Å². The minimum absolute atomic E-state index is 0.813. The van der Waals surface area contributed by atoms with Gasteiger partial charge in [-0.25, -0.2) is 4.98 Å². The van der Waals surface area contributed by atoms with Crippen LogP contribution in [0.3, 0.4) is 0 Å². The van der Waals surface area contributed by atoms with Gasteiger partial charge in [0.05, 0.1) is 6.20 Å². The van der Waals surface area contributed by atoms with Gasteiger partial charge in [0, 0.05) is 0 Å². The van der Waals surface area contributed by atoms with Gasteiger partial charge in [-0.15, -0.1) is 0 Å². The molecule has 58 valence electrons. The molecule has 0 bridgehead atoms. The van der Waals surface area contributed by atoms with Crippen molar-refractivity contribution in [3.8, 4) is 0 Å². The topological polar surface area (TPSA) is 38.9 Å². The van der Waals surface area contributed by atoms with Crippen LogP contribution in [0.2, 0.25) is 0 Å². The summed E-state index contributed by atoms with van der Waals surface area (Å²) in [6.45, 7) is 0. The molecule has 0 radical (unpaired) electrons. The molecule has 1 aromatic heterocycles. The van der Waals surface area contributed by atoms with E-state index in [1.165, 1.54) is 24.8 Å². The Balaban J connectivity index is 2.28. The SMILES string of the molecule is Nc1cnc(C2=CCCC2)s1. The number of thiazole rings is 1.